The fourth-order valence-corrected chi connectivity index (χ4v) is 4.03. The zero-order chi connectivity index (χ0) is 21.3. The number of hydrogen-bond donors (Lipinski definition) is 0. The van der Waals surface area contributed by atoms with Crippen LogP contribution in [0, 0.1) is 5.82 Å². The zero-order valence-corrected chi connectivity index (χ0v) is 17.2. The van der Waals surface area contributed by atoms with E-state index in [2.05, 4.69) is 9.55 Å². The molecule has 0 saturated carbocycles. The number of hydrogen-bond acceptors (Lipinski definition) is 5. The number of nitrogens with zero attached hydrogens (tertiary/aromatic N) is 3. The summed E-state index contributed by atoms with van der Waals surface area (Å²) in [5.41, 5.74) is 2.04. The third kappa shape index (κ3) is 3.53. The van der Waals surface area contributed by atoms with Crippen LogP contribution in [-0.4, -0.2) is 54.8 Å². The van der Waals surface area contributed by atoms with E-state index in [4.69, 9.17) is 14.2 Å². The number of benzene rings is 2. The molecule has 4 rings (SSSR count). The molecule has 0 atom stereocenters. The third-order valence-electron chi connectivity index (χ3n) is 5.59. The van der Waals surface area contributed by atoms with E-state index < -0.39 is 0 Å². The molecule has 0 N–H and O–H groups in total. The first kappa shape index (κ1) is 20.0. The van der Waals surface area contributed by atoms with Crippen molar-refractivity contribution in [3.05, 3.63) is 48.0 Å². The number of fused-ring (bicyclic) bond motifs is 1. The molecule has 0 radical (unpaired) electrons. The predicted molar refractivity (Wildman–Crippen MR) is 110 cm³/mol. The highest BCUT2D eigenvalue weighted by atomic mass is 19.1. The van der Waals surface area contributed by atoms with Crippen molar-refractivity contribution in [2.45, 2.75) is 18.9 Å². The number of methoxy groups -OCH3 is 3. The fourth-order valence-electron chi connectivity index (χ4n) is 4.03. The van der Waals surface area contributed by atoms with Gasteiger partial charge in [-0.3, -0.25) is 4.79 Å². The van der Waals surface area contributed by atoms with Crippen LogP contribution in [0.15, 0.2) is 36.7 Å². The van der Waals surface area contributed by atoms with E-state index in [1.54, 1.807) is 24.5 Å². The van der Waals surface area contributed by atoms with Crippen LogP contribution in [0.25, 0.3) is 11.0 Å². The highest BCUT2D eigenvalue weighted by Gasteiger charge is 2.27. The van der Waals surface area contributed by atoms with Gasteiger partial charge in [-0.2, -0.15) is 0 Å². The minimum Gasteiger partial charge on any atom is -0.493 e. The van der Waals surface area contributed by atoms with Crippen LogP contribution in [0.4, 0.5) is 4.39 Å². The van der Waals surface area contributed by atoms with Crippen molar-refractivity contribution in [3.8, 4) is 17.2 Å². The average Bonchev–Trinajstić information content (AvgIpc) is 3.20. The van der Waals surface area contributed by atoms with Crippen molar-refractivity contribution in [1.82, 2.24) is 14.5 Å². The number of imidazole rings is 1. The van der Waals surface area contributed by atoms with Gasteiger partial charge >= 0.3 is 0 Å². The molecule has 0 bridgehead atoms. The highest BCUT2D eigenvalue weighted by molar-refractivity contribution is 5.95. The number of aromatic nitrogens is 2. The summed E-state index contributed by atoms with van der Waals surface area (Å²) in [7, 11) is 4.58. The van der Waals surface area contributed by atoms with Crippen LogP contribution >= 0.6 is 0 Å². The highest BCUT2D eigenvalue weighted by Crippen LogP contribution is 2.39. The Morgan fingerprint density at radius 3 is 2.30 bits per heavy atom. The molecule has 0 spiro atoms. The Bertz CT molecular complexity index is 1050. The molecule has 1 aliphatic rings. The molecule has 2 aromatic carbocycles. The lowest BCUT2D eigenvalue weighted by Gasteiger charge is -2.33. The van der Waals surface area contributed by atoms with Crippen molar-refractivity contribution in [2.75, 3.05) is 34.4 Å². The van der Waals surface area contributed by atoms with Crippen LogP contribution in [-0.2, 0) is 0 Å². The number of piperidine rings is 1. The van der Waals surface area contributed by atoms with Gasteiger partial charge < -0.3 is 23.7 Å². The van der Waals surface area contributed by atoms with Gasteiger partial charge in [-0.25, -0.2) is 9.37 Å². The molecule has 1 aromatic heterocycles. The molecule has 7 nitrogen and oxygen atoms in total. The van der Waals surface area contributed by atoms with Crippen LogP contribution in [0.5, 0.6) is 17.2 Å². The summed E-state index contributed by atoms with van der Waals surface area (Å²) in [4.78, 5) is 19.2. The Hall–Kier alpha value is -3.29. The average molecular weight is 413 g/mol. The first-order valence-electron chi connectivity index (χ1n) is 9.77. The zero-order valence-electron chi connectivity index (χ0n) is 17.2. The van der Waals surface area contributed by atoms with Crippen LogP contribution < -0.4 is 14.2 Å². The Labute approximate surface area is 174 Å². The molecular weight excluding hydrogens is 389 g/mol. The van der Waals surface area contributed by atoms with E-state index in [0.717, 1.165) is 18.4 Å². The maximum atomic E-state index is 13.4. The largest absolute Gasteiger partial charge is 0.493 e. The maximum absolute atomic E-state index is 13.4. The molecular formula is C22H24FN3O4. The van der Waals surface area contributed by atoms with Gasteiger partial charge in [0.1, 0.15) is 5.82 Å². The van der Waals surface area contributed by atoms with Crippen LogP contribution in [0.1, 0.15) is 29.2 Å². The number of halogens is 1. The summed E-state index contributed by atoms with van der Waals surface area (Å²) < 4.78 is 31.6. The van der Waals surface area contributed by atoms with Crippen molar-refractivity contribution >= 4 is 16.9 Å². The van der Waals surface area contributed by atoms with E-state index in [-0.39, 0.29) is 17.8 Å². The quantitative estimate of drug-likeness (QED) is 0.639. The fraction of sp³-hybridized carbons (Fsp3) is 0.364. The van der Waals surface area contributed by atoms with Gasteiger partial charge in [0, 0.05) is 30.8 Å². The Morgan fingerprint density at radius 1 is 1.03 bits per heavy atom. The second-order valence-corrected chi connectivity index (χ2v) is 7.22. The number of carbonyl (C=O) groups is 1. The van der Waals surface area contributed by atoms with Gasteiger partial charge in [-0.05, 0) is 37.1 Å². The molecule has 8 heteroatoms. The number of ether oxygens (including phenoxy) is 3. The lowest BCUT2D eigenvalue weighted by molar-refractivity contribution is 0.0695. The monoisotopic (exact) mass is 413 g/mol. The molecule has 1 saturated heterocycles. The number of carbonyl (C=O) groups excluding carboxylic acids is 1. The molecule has 1 fully saturated rings. The minimum absolute atomic E-state index is 0.0785. The summed E-state index contributed by atoms with van der Waals surface area (Å²) in [6.07, 6.45) is 3.34. The lowest BCUT2D eigenvalue weighted by Crippen LogP contribution is -2.39. The van der Waals surface area contributed by atoms with E-state index in [1.807, 2.05) is 4.90 Å². The first-order chi connectivity index (χ1) is 14.5. The summed E-state index contributed by atoms with van der Waals surface area (Å²) in [5.74, 6) is 0.988. The molecule has 2 heterocycles. The number of likely N-dealkylation sites (tertiary alicyclic amines) is 1. The predicted octanol–water partition coefficient (Wildman–Crippen LogP) is 3.68. The molecule has 30 heavy (non-hydrogen) atoms. The topological polar surface area (TPSA) is 65.8 Å². The normalized spacial score (nSPS) is 14.7. The molecule has 3 aromatic rings. The van der Waals surface area contributed by atoms with Crippen molar-refractivity contribution in [1.29, 1.82) is 0 Å². The van der Waals surface area contributed by atoms with Gasteiger partial charge in [-0.1, -0.05) is 0 Å². The van der Waals surface area contributed by atoms with E-state index in [1.165, 1.54) is 33.5 Å². The minimum atomic E-state index is -0.293. The Morgan fingerprint density at radius 2 is 1.70 bits per heavy atom. The molecule has 158 valence electrons. The second kappa shape index (κ2) is 8.22. The van der Waals surface area contributed by atoms with Gasteiger partial charge in [0.25, 0.3) is 5.91 Å². The van der Waals surface area contributed by atoms with E-state index in [0.29, 0.717) is 41.4 Å². The van der Waals surface area contributed by atoms with E-state index in [9.17, 15) is 9.18 Å². The second-order valence-electron chi connectivity index (χ2n) is 7.22. The Balaban J connectivity index is 1.50. The van der Waals surface area contributed by atoms with Gasteiger partial charge in [0.2, 0.25) is 5.75 Å². The van der Waals surface area contributed by atoms with Crippen molar-refractivity contribution in [2.24, 2.45) is 0 Å². The number of amides is 1. The smallest absolute Gasteiger partial charge is 0.254 e. The molecule has 0 aliphatic carbocycles. The van der Waals surface area contributed by atoms with Gasteiger partial charge in [0.05, 0.1) is 38.7 Å². The standard InChI is InChI=1S/C22H24FN3O4/c1-28-19-10-14(11-20(29-2)21(19)30-3)22(27)25-8-6-16(7-9-25)26-13-24-17-12-15(23)4-5-18(17)26/h4-5,10-13,16H,6-9H2,1-3H3. The summed E-state index contributed by atoms with van der Waals surface area (Å²) in [6, 6.07) is 8.20. The molecule has 1 amide bonds. The molecule has 0 unspecified atom stereocenters. The number of rotatable bonds is 5. The SMILES string of the molecule is COc1cc(C(=O)N2CCC(n3cnc4cc(F)ccc43)CC2)cc(OC)c1OC. The summed E-state index contributed by atoms with van der Waals surface area (Å²) in [6.45, 7) is 1.22. The lowest BCUT2D eigenvalue weighted by atomic mass is 10.0. The van der Waals surface area contributed by atoms with Gasteiger partial charge in [-0.15, -0.1) is 0 Å². The van der Waals surface area contributed by atoms with Crippen molar-refractivity contribution in [3.63, 3.8) is 0 Å². The van der Waals surface area contributed by atoms with Crippen LogP contribution in [0.3, 0.4) is 0 Å². The maximum Gasteiger partial charge on any atom is 0.254 e. The Kier molecular flexibility index (Phi) is 5.48. The van der Waals surface area contributed by atoms with Crippen LogP contribution in [0.2, 0.25) is 0 Å². The van der Waals surface area contributed by atoms with Gasteiger partial charge in [0.15, 0.2) is 11.5 Å². The summed E-state index contributed by atoms with van der Waals surface area (Å²) >= 11 is 0. The van der Waals surface area contributed by atoms with Crippen molar-refractivity contribution < 1.29 is 23.4 Å². The third-order valence-corrected chi connectivity index (χ3v) is 5.59. The van der Waals surface area contributed by atoms with E-state index >= 15 is 0 Å². The first-order valence-corrected chi connectivity index (χ1v) is 9.77. The molecule has 1 aliphatic heterocycles. The summed E-state index contributed by atoms with van der Waals surface area (Å²) in [5, 5.41) is 0.